The normalized spacial score (nSPS) is 10.0. The number of hydrogen-bond donors (Lipinski definition) is 2. The number of nitrogen functional groups attached to an aromatic ring is 1. The van der Waals surface area contributed by atoms with Crippen LogP contribution in [0.2, 0.25) is 0 Å². The number of anilines is 1. The maximum atomic E-state index is 11.8. The Balaban J connectivity index is 2.68. The lowest BCUT2D eigenvalue weighted by molar-refractivity contribution is 0.0490. The van der Waals surface area contributed by atoms with Gasteiger partial charge in [0.15, 0.2) is 0 Å². The molecule has 94 valence electrons. The molecule has 1 aromatic carbocycles. The van der Waals surface area contributed by atoms with E-state index in [9.17, 15) is 4.79 Å². The topological polar surface area (TPSA) is 81.8 Å². The Morgan fingerprint density at radius 3 is 2.82 bits per heavy atom. The maximum absolute atomic E-state index is 11.8. The van der Waals surface area contributed by atoms with Crippen LogP contribution in [0.5, 0.6) is 5.75 Å². The van der Waals surface area contributed by atoms with E-state index in [1.165, 1.54) is 7.11 Å². The zero-order valence-corrected chi connectivity index (χ0v) is 9.81. The molecule has 17 heavy (non-hydrogen) atoms. The van der Waals surface area contributed by atoms with E-state index in [1.807, 2.05) is 0 Å². The molecule has 0 aliphatic rings. The molecule has 0 aliphatic heterocycles. The zero-order valence-electron chi connectivity index (χ0n) is 9.81. The fourth-order valence-electron chi connectivity index (χ4n) is 1.39. The molecule has 0 aromatic heterocycles. The molecular formula is C12H17NO4. The van der Waals surface area contributed by atoms with E-state index < -0.39 is 5.97 Å². The smallest absolute Gasteiger partial charge is 0.344 e. The van der Waals surface area contributed by atoms with Crippen molar-refractivity contribution in [3.05, 3.63) is 23.8 Å². The third kappa shape index (κ3) is 3.64. The van der Waals surface area contributed by atoms with E-state index in [1.54, 1.807) is 18.2 Å². The third-order valence-corrected chi connectivity index (χ3v) is 2.27. The minimum atomic E-state index is -0.502. The molecule has 0 saturated carbocycles. The number of methoxy groups -OCH3 is 1. The molecule has 0 unspecified atom stereocenters. The van der Waals surface area contributed by atoms with Crippen molar-refractivity contribution in [2.24, 2.45) is 0 Å². The predicted octanol–water partition coefficient (Wildman–Crippen LogP) is 1.21. The standard InChI is InChI=1S/C12H17NO4/c1-16-10-6-4-5-9(13)11(10)12(15)17-8-3-2-7-14/h4-6,14H,2-3,7-8,13H2,1H3. The highest BCUT2D eigenvalue weighted by Crippen LogP contribution is 2.24. The van der Waals surface area contributed by atoms with Crippen LogP contribution in [0, 0.1) is 0 Å². The first-order valence-corrected chi connectivity index (χ1v) is 5.41. The van der Waals surface area contributed by atoms with Crippen LogP contribution in [0.4, 0.5) is 5.69 Å². The highest BCUT2D eigenvalue weighted by molar-refractivity contribution is 5.98. The summed E-state index contributed by atoms with van der Waals surface area (Å²) in [5, 5.41) is 8.59. The second-order valence-corrected chi connectivity index (χ2v) is 3.49. The summed E-state index contributed by atoms with van der Waals surface area (Å²) in [6.45, 7) is 0.352. The highest BCUT2D eigenvalue weighted by atomic mass is 16.5. The number of aliphatic hydroxyl groups excluding tert-OH is 1. The van der Waals surface area contributed by atoms with Gasteiger partial charge in [-0.1, -0.05) is 6.07 Å². The molecule has 1 rings (SSSR count). The lowest BCUT2D eigenvalue weighted by Gasteiger charge is -2.10. The first-order chi connectivity index (χ1) is 8.20. The molecule has 1 aromatic rings. The summed E-state index contributed by atoms with van der Waals surface area (Å²) in [7, 11) is 1.47. The number of carbonyl (C=O) groups is 1. The van der Waals surface area contributed by atoms with E-state index in [-0.39, 0.29) is 18.8 Å². The van der Waals surface area contributed by atoms with E-state index in [0.717, 1.165) is 0 Å². The third-order valence-electron chi connectivity index (χ3n) is 2.27. The lowest BCUT2D eigenvalue weighted by Crippen LogP contribution is -2.11. The Bertz CT molecular complexity index is 379. The Hall–Kier alpha value is -1.75. The Labute approximate surface area is 100 Å². The van der Waals surface area contributed by atoms with Crippen molar-refractivity contribution in [1.82, 2.24) is 0 Å². The van der Waals surface area contributed by atoms with E-state index in [0.29, 0.717) is 24.3 Å². The van der Waals surface area contributed by atoms with Gasteiger partial charge in [0, 0.05) is 12.3 Å². The lowest BCUT2D eigenvalue weighted by atomic mass is 10.1. The van der Waals surface area contributed by atoms with Crippen LogP contribution in [0.3, 0.4) is 0 Å². The molecule has 0 heterocycles. The van der Waals surface area contributed by atoms with Crippen LogP contribution in [-0.2, 0) is 4.74 Å². The van der Waals surface area contributed by atoms with Crippen LogP contribution in [-0.4, -0.2) is 31.4 Å². The molecule has 0 bridgehead atoms. The largest absolute Gasteiger partial charge is 0.496 e. The molecule has 0 fully saturated rings. The van der Waals surface area contributed by atoms with E-state index in [2.05, 4.69) is 0 Å². The summed E-state index contributed by atoms with van der Waals surface area (Å²) < 4.78 is 10.1. The highest BCUT2D eigenvalue weighted by Gasteiger charge is 2.16. The van der Waals surface area contributed by atoms with Gasteiger partial charge < -0.3 is 20.3 Å². The molecule has 5 nitrogen and oxygen atoms in total. The molecule has 5 heteroatoms. The summed E-state index contributed by atoms with van der Waals surface area (Å²) in [4.78, 5) is 11.8. The second-order valence-electron chi connectivity index (χ2n) is 3.49. The Morgan fingerprint density at radius 1 is 1.41 bits per heavy atom. The van der Waals surface area contributed by atoms with Crippen molar-refractivity contribution in [3.8, 4) is 5.75 Å². The zero-order chi connectivity index (χ0) is 12.7. The average Bonchev–Trinajstić information content (AvgIpc) is 2.34. The molecular weight excluding hydrogens is 222 g/mol. The monoisotopic (exact) mass is 239 g/mol. The number of ether oxygens (including phenoxy) is 2. The summed E-state index contributed by atoms with van der Waals surface area (Å²) in [5.41, 5.74) is 6.29. The Morgan fingerprint density at radius 2 is 2.18 bits per heavy atom. The van der Waals surface area contributed by atoms with Crippen LogP contribution >= 0.6 is 0 Å². The van der Waals surface area contributed by atoms with Crippen molar-refractivity contribution in [1.29, 1.82) is 0 Å². The molecule has 0 atom stereocenters. The van der Waals surface area contributed by atoms with Crippen molar-refractivity contribution >= 4 is 11.7 Å². The average molecular weight is 239 g/mol. The second kappa shape index (κ2) is 6.75. The molecule has 0 spiro atoms. The number of nitrogens with two attached hydrogens (primary N) is 1. The number of hydrogen-bond acceptors (Lipinski definition) is 5. The molecule has 0 saturated heterocycles. The van der Waals surface area contributed by atoms with Crippen molar-refractivity contribution < 1.29 is 19.4 Å². The molecule has 0 aliphatic carbocycles. The molecule has 0 amide bonds. The number of esters is 1. The van der Waals surface area contributed by atoms with Gasteiger partial charge in [0.1, 0.15) is 11.3 Å². The van der Waals surface area contributed by atoms with Crippen LogP contribution in [0.15, 0.2) is 18.2 Å². The maximum Gasteiger partial charge on any atom is 0.344 e. The quantitative estimate of drug-likeness (QED) is 0.443. The first-order valence-electron chi connectivity index (χ1n) is 5.41. The Kier molecular flexibility index (Phi) is 5.29. The van der Waals surface area contributed by atoms with Crippen LogP contribution in [0.1, 0.15) is 23.2 Å². The SMILES string of the molecule is COc1cccc(N)c1C(=O)OCCCCO. The number of carbonyl (C=O) groups excluding carboxylic acids is 1. The fourth-order valence-corrected chi connectivity index (χ4v) is 1.39. The number of aliphatic hydroxyl groups is 1. The predicted molar refractivity (Wildman–Crippen MR) is 64.0 cm³/mol. The van der Waals surface area contributed by atoms with E-state index in [4.69, 9.17) is 20.3 Å². The van der Waals surface area contributed by atoms with Gasteiger partial charge in [-0.3, -0.25) is 0 Å². The number of rotatable bonds is 6. The fraction of sp³-hybridized carbons (Fsp3) is 0.417. The van der Waals surface area contributed by atoms with Gasteiger partial charge in [0.25, 0.3) is 0 Å². The first kappa shape index (κ1) is 13.3. The van der Waals surface area contributed by atoms with Crippen LogP contribution < -0.4 is 10.5 Å². The summed E-state index contributed by atoms with van der Waals surface area (Å²) in [5.74, 6) is -0.102. The van der Waals surface area contributed by atoms with Gasteiger partial charge in [-0.25, -0.2) is 4.79 Å². The molecule has 3 N–H and O–H groups in total. The van der Waals surface area contributed by atoms with Gasteiger partial charge in [-0.2, -0.15) is 0 Å². The summed E-state index contributed by atoms with van der Waals surface area (Å²) in [6.07, 6.45) is 1.23. The summed E-state index contributed by atoms with van der Waals surface area (Å²) in [6, 6.07) is 4.98. The van der Waals surface area contributed by atoms with Crippen molar-refractivity contribution in [3.63, 3.8) is 0 Å². The van der Waals surface area contributed by atoms with Crippen molar-refractivity contribution in [2.75, 3.05) is 26.1 Å². The minimum Gasteiger partial charge on any atom is -0.496 e. The van der Waals surface area contributed by atoms with Gasteiger partial charge >= 0.3 is 5.97 Å². The van der Waals surface area contributed by atoms with Gasteiger partial charge in [0.2, 0.25) is 0 Å². The number of unbranched alkanes of at least 4 members (excludes halogenated alkanes) is 1. The minimum absolute atomic E-state index is 0.0916. The van der Waals surface area contributed by atoms with Gasteiger partial charge in [-0.05, 0) is 25.0 Å². The van der Waals surface area contributed by atoms with Gasteiger partial charge in [0.05, 0.1) is 13.7 Å². The van der Waals surface area contributed by atoms with E-state index >= 15 is 0 Å². The number of benzene rings is 1. The van der Waals surface area contributed by atoms with Crippen molar-refractivity contribution in [2.45, 2.75) is 12.8 Å². The van der Waals surface area contributed by atoms with Gasteiger partial charge in [-0.15, -0.1) is 0 Å². The molecule has 0 radical (unpaired) electrons. The van der Waals surface area contributed by atoms with Crippen LogP contribution in [0.25, 0.3) is 0 Å². The summed E-state index contributed by atoms with van der Waals surface area (Å²) >= 11 is 0.